The molecule has 0 amide bonds. The van der Waals surface area contributed by atoms with Gasteiger partial charge in [-0.05, 0) is 31.5 Å². The van der Waals surface area contributed by atoms with E-state index in [0.717, 1.165) is 10.0 Å². The van der Waals surface area contributed by atoms with E-state index in [9.17, 15) is 4.79 Å². The van der Waals surface area contributed by atoms with Crippen molar-refractivity contribution in [3.05, 3.63) is 34.3 Å². The van der Waals surface area contributed by atoms with Crippen molar-refractivity contribution in [1.82, 2.24) is 0 Å². The molecule has 0 aromatic heterocycles. The third-order valence-electron chi connectivity index (χ3n) is 1.88. The average Bonchev–Trinajstić information content (AvgIpc) is 2.05. The Bertz CT molecular complexity index is 336. The third kappa shape index (κ3) is 2.51. The Kier molecular flexibility index (Phi) is 3.02. The summed E-state index contributed by atoms with van der Waals surface area (Å²) in [5.74, 6) is 0. The fraction of sp³-hybridized carbons (Fsp3) is 0.300. The molecule has 1 aromatic carbocycles. The Balaban J connectivity index is 3.07. The van der Waals surface area contributed by atoms with Crippen LogP contribution in [0.5, 0.6) is 0 Å². The van der Waals surface area contributed by atoms with Crippen LogP contribution in [0.1, 0.15) is 19.4 Å². The molecular formula is C10H10BrNO. The SMILES string of the molecule is CC(C)(N=C=O)c1ccc(Br)cc1. The molecule has 0 saturated heterocycles. The minimum Gasteiger partial charge on any atom is -0.211 e. The molecule has 0 aliphatic heterocycles. The van der Waals surface area contributed by atoms with Gasteiger partial charge in [-0.3, -0.25) is 0 Å². The Labute approximate surface area is 85.8 Å². The van der Waals surface area contributed by atoms with Crippen molar-refractivity contribution in [2.24, 2.45) is 4.99 Å². The molecule has 3 heteroatoms. The molecule has 68 valence electrons. The molecule has 0 atom stereocenters. The van der Waals surface area contributed by atoms with Crippen LogP contribution in [0.3, 0.4) is 0 Å². The second-order valence-corrected chi connectivity index (χ2v) is 4.18. The molecule has 2 nitrogen and oxygen atoms in total. The molecule has 0 fully saturated rings. The van der Waals surface area contributed by atoms with Crippen LogP contribution in [0.4, 0.5) is 0 Å². The largest absolute Gasteiger partial charge is 0.235 e. The summed E-state index contributed by atoms with van der Waals surface area (Å²) in [5, 5.41) is 0. The lowest BCUT2D eigenvalue weighted by atomic mass is 9.95. The molecule has 0 bridgehead atoms. The fourth-order valence-electron chi connectivity index (χ4n) is 1.04. The molecule has 0 N–H and O–H groups in total. The van der Waals surface area contributed by atoms with E-state index < -0.39 is 5.54 Å². The van der Waals surface area contributed by atoms with Crippen LogP contribution in [0.15, 0.2) is 33.7 Å². The molecular weight excluding hydrogens is 230 g/mol. The average molecular weight is 240 g/mol. The van der Waals surface area contributed by atoms with E-state index in [1.54, 1.807) is 6.08 Å². The quantitative estimate of drug-likeness (QED) is 0.577. The topological polar surface area (TPSA) is 29.4 Å². The van der Waals surface area contributed by atoms with Crippen LogP contribution in [-0.2, 0) is 10.3 Å². The second-order valence-electron chi connectivity index (χ2n) is 3.27. The van der Waals surface area contributed by atoms with Crippen molar-refractivity contribution in [2.45, 2.75) is 19.4 Å². The summed E-state index contributed by atoms with van der Waals surface area (Å²) < 4.78 is 1.02. The first kappa shape index (κ1) is 10.2. The molecule has 13 heavy (non-hydrogen) atoms. The fourth-order valence-corrected chi connectivity index (χ4v) is 1.30. The monoisotopic (exact) mass is 239 g/mol. The molecule has 1 rings (SSSR count). The minimum absolute atomic E-state index is 0.484. The van der Waals surface area contributed by atoms with Gasteiger partial charge in [0.05, 0.1) is 5.54 Å². The smallest absolute Gasteiger partial charge is 0.211 e. The predicted octanol–water partition coefficient (Wildman–Crippen LogP) is 3.02. The Morgan fingerprint density at radius 1 is 1.31 bits per heavy atom. The maximum atomic E-state index is 10.2. The second kappa shape index (κ2) is 3.86. The van der Waals surface area contributed by atoms with E-state index >= 15 is 0 Å². The zero-order valence-corrected chi connectivity index (χ0v) is 9.13. The maximum absolute atomic E-state index is 10.2. The highest BCUT2D eigenvalue weighted by Crippen LogP contribution is 2.25. The van der Waals surface area contributed by atoms with E-state index in [1.807, 2.05) is 38.1 Å². The lowest BCUT2D eigenvalue weighted by Crippen LogP contribution is -2.12. The molecule has 0 radical (unpaired) electrons. The van der Waals surface area contributed by atoms with Crippen molar-refractivity contribution in [1.29, 1.82) is 0 Å². The maximum Gasteiger partial charge on any atom is 0.235 e. The minimum atomic E-state index is -0.484. The molecule has 0 spiro atoms. The number of nitrogens with zero attached hydrogens (tertiary/aromatic N) is 1. The normalized spacial score (nSPS) is 10.7. The zero-order valence-electron chi connectivity index (χ0n) is 7.54. The van der Waals surface area contributed by atoms with E-state index in [0.29, 0.717) is 0 Å². The van der Waals surface area contributed by atoms with Gasteiger partial charge in [0.15, 0.2) is 0 Å². The Morgan fingerprint density at radius 2 is 1.85 bits per heavy atom. The van der Waals surface area contributed by atoms with Crippen molar-refractivity contribution in [3.63, 3.8) is 0 Å². The highest BCUT2D eigenvalue weighted by molar-refractivity contribution is 9.10. The van der Waals surface area contributed by atoms with Gasteiger partial charge in [-0.15, -0.1) is 0 Å². The van der Waals surface area contributed by atoms with Gasteiger partial charge in [0, 0.05) is 4.47 Å². The Morgan fingerprint density at radius 3 is 2.31 bits per heavy atom. The van der Waals surface area contributed by atoms with Crippen LogP contribution in [-0.4, -0.2) is 6.08 Å². The molecule has 1 aromatic rings. The number of carbonyl (C=O) groups excluding carboxylic acids is 1. The summed E-state index contributed by atoms with van der Waals surface area (Å²) in [7, 11) is 0. The number of benzene rings is 1. The van der Waals surface area contributed by atoms with Gasteiger partial charge in [-0.1, -0.05) is 28.1 Å². The summed E-state index contributed by atoms with van der Waals surface area (Å²) in [5.41, 5.74) is 0.515. The Hall–Kier alpha value is -0.920. The number of halogens is 1. The molecule has 0 aliphatic rings. The van der Waals surface area contributed by atoms with Crippen LogP contribution >= 0.6 is 15.9 Å². The van der Waals surface area contributed by atoms with Crippen molar-refractivity contribution >= 4 is 22.0 Å². The number of hydrogen-bond acceptors (Lipinski definition) is 2. The van der Waals surface area contributed by atoms with Crippen molar-refractivity contribution in [3.8, 4) is 0 Å². The highest BCUT2D eigenvalue weighted by Gasteiger charge is 2.18. The van der Waals surface area contributed by atoms with Crippen molar-refractivity contribution in [2.75, 3.05) is 0 Å². The van der Waals surface area contributed by atoms with Gasteiger partial charge in [0.25, 0.3) is 0 Å². The lowest BCUT2D eigenvalue weighted by Gasteiger charge is -2.17. The van der Waals surface area contributed by atoms with E-state index in [1.165, 1.54) is 0 Å². The lowest BCUT2D eigenvalue weighted by molar-refractivity contribution is 0.523. The number of rotatable bonds is 2. The molecule has 0 aliphatic carbocycles. The number of hydrogen-bond donors (Lipinski definition) is 0. The van der Waals surface area contributed by atoms with E-state index in [2.05, 4.69) is 20.9 Å². The summed E-state index contributed by atoms with van der Waals surface area (Å²) in [6.07, 6.45) is 1.58. The standard InChI is InChI=1S/C10H10BrNO/c1-10(2,12-7-13)8-3-5-9(11)6-4-8/h3-6H,1-2H3. The van der Waals surface area contributed by atoms with Gasteiger partial charge in [0.2, 0.25) is 6.08 Å². The highest BCUT2D eigenvalue weighted by atomic mass is 79.9. The van der Waals surface area contributed by atoms with Crippen LogP contribution in [0.2, 0.25) is 0 Å². The van der Waals surface area contributed by atoms with Gasteiger partial charge in [-0.25, -0.2) is 4.79 Å². The zero-order chi connectivity index (χ0) is 9.90. The number of aliphatic imine (C=N–C) groups is 1. The summed E-state index contributed by atoms with van der Waals surface area (Å²) in [6, 6.07) is 7.73. The molecule has 0 heterocycles. The predicted molar refractivity (Wildman–Crippen MR) is 55.3 cm³/mol. The van der Waals surface area contributed by atoms with Crippen LogP contribution < -0.4 is 0 Å². The van der Waals surface area contributed by atoms with Gasteiger partial charge in [-0.2, -0.15) is 4.99 Å². The number of isocyanates is 1. The van der Waals surface area contributed by atoms with Gasteiger partial charge >= 0.3 is 0 Å². The summed E-state index contributed by atoms with van der Waals surface area (Å²) in [6.45, 7) is 3.75. The molecule has 0 saturated carbocycles. The third-order valence-corrected chi connectivity index (χ3v) is 2.40. The van der Waals surface area contributed by atoms with Gasteiger partial charge < -0.3 is 0 Å². The summed E-state index contributed by atoms with van der Waals surface area (Å²) in [4.78, 5) is 13.9. The van der Waals surface area contributed by atoms with Crippen molar-refractivity contribution < 1.29 is 4.79 Å². The summed E-state index contributed by atoms with van der Waals surface area (Å²) >= 11 is 3.34. The van der Waals surface area contributed by atoms with Crippen LogP contribution in [0.25, 0.3) is 0 Å². The van der Waals surface area contributed by atoms with E-state index in [-0.39, 0.29) is 0 Å². The first-order valence-electron chi connectivity index (χ1n) is 3.91. The van der Waals surface area contributed by atoms with Gasteiger partial charge in [0.1, 0.15) is 0 Å². The first-order valence-corrected chi connectivity index (χ1v) is 4.70. The van der Waals surface area contributed by atoms with E-state index in [4.69, 9.17) is 0 Å². The molecule has 0 unspecified atom stereocenters. The van der Waals surface area contributed by atoms with Crippen LogP contribution in [0, 0.1) is 0 Å². The first-order chi connectivity index (χ1) is 6.06.